The van der Waals surface area contributed by atoms with Crippen LogP contribution in [-0.4, -0.2) is 32.0 Å². The van der Waals surface area contributed by atoms with Crippen LogP contribution in [-0.2, 0) is 16.8 Å². The van der Waals surface area contributed by atoms with Crippen LogP contribution in [0.3, 0.4) is 0 Å². The van der Waals surface area contributed by atoms with Crippen molar-refractivity contribution < 1.29 is 19.2 Å². The molecule has 0 aliphatic rings. The molecule has 0 heterocycles. The quantitative estimate of drug-likeness (QED) is 0.772. The van der Waals surface area contributed by atoms with Gasteiger partial charge < -0.3 is 9.64 Å². The first-order chi connectivity index (χ1) is 13.2. The molecule has 0 aliphatic carbocycles. The highest BCUT2D eigenvalue weighted by Crippen LogP contribution is 2.22. The lowest BCUT2D eigenvalue weighted by Crippen LogP contribution is -3.08. The summed E-state index contributed by atoms with van der Waals surface area (Å²) in [7, 11) is 1.93. The smallest absolute Gasteiger partial charge is 0.282 e. The maximum absolute atomic E-state index is 12.3. The molecule has 2 rings (SSSR count). The Morgan fingerprint density at radius 3 is 2.14 bits per heavy atom. The van der Waals surface area contributed by atoms with E-state index in [2.05, 4.69) is 26.1 Å². The molecule has 5 nitrogen and oxygen atoms in total. The van der Waals surface area contributed by atoms with E-state index in [9.17, 15) is 9.59 Å². The molecule has 0 saturated heterocycles. The number of carbonyl (C=O) groups excluding carboxylic acids is 2. The second-order valence-electron chi connectivity index (χ2n) is 8.09. The van der Waals surface area contributed by atoms with Gasteiger partial charge in [-0.2, -0.15) is 0 Å². The molecule has 5 heteroatoms. The van der Waals surface area contributed by atoms with Crippen LogP contribution in [0.4, 0.5) is 0 Å². The van der Waals surface area contributed by atoms with Crippen molar-refractivity contribution in [1.82, 2.24) is 5.32 Å². The van der Waals surface area contributed by atoms with Gasteiger partial charge in [-0.15, -0.1) is 0 Å². The van der Waals surface area contributed by atoms with Gasteiger partial charge in [0, 0.05) is 11.1 Å². The number of ether oxygens (including phenoxy) is 1. The number of carbonyl (C=O) groups is 2. The molecule has 150 valence electrons. The van der Waals surface area contributed by atoms with Gasteiger partial charge in [0.05, 0.1) is 13.7 Å². The Hall–Kier alpha value is -2.66. The summed E-state index contributed by atoms with van der Waals surface area (Å²) in [5.74, 6) is 0.192. The predicted octanol–water partition coefficient (Wildman–Crippen LogP) is 2.35. The number of rotatable bonds is 7. The summed E-state index contributed by atoms with van der Waals surface area (Å²) in [6.45, 7) is 9.85. The molecule has 0 aromatic heterocycles. The highest BCUT2D eigenvalue weighted by atomic mass is 16.5. The third-order valence-electron chi connectivity index (χ3n) is 4.47. The lowest BCUT2D eigenvalue weighted by atomic mass is 9.87. The van der Waals surface area contributed by atoms with Crippen molar-refractivity contribution in [3.05, 3.63) is 65.2 Å². The van der Waals surface area contributed by atoms with Crippen molar-refractivity contribution in [2.75, 3.05) is 20.2 Å². The largest absolute Gasteiger partial charge is 0.494 e. The van der Waals surface area contributed by atoms with Crippen LogP contribution in [0.25, 0.3) is 0 Å². The normalized spacial score (nSPS) is 12.3. The summed E-state index contributed by atoms with van der Waals surface area (Å²) < 4.78 is 5.43. The monoisotopic (exact) mass is 383 g/mol. The zero-order chi connectivity index (χ0) is 20.7. The maximum atomic E-state index is 12.3. The van der Waals surface area contributed by atoms with Gasteiger partial charge in [0.15, 0.2) is 6.54 Å². The number of nitrogens with one attached hydrogen (secondary N) is 2. The summed E-state index contributed by atoms with van der Waals surface area (Å²) in [6.07, 6.45) is 0. The maximum Gasteiger partial charge on any atom is 0.282 e. The minimum atomic E-state index is -0.362. The van der Waals surface area contributed by atoms with Crippen LogP contribution in [0.1, 0.15) is 49.2 Å². The molecule has 0 saturated carbocycles. The minimum Gasteiger partial charge on any atom is -0.494 e. The Morgan fingerprint density at radius 1 is 1.00 bits per heavy atom. The summed E-state index contributed by atoms with van der Waals surface area (Å²) in [4.78, 5) is 25.5. The molecule has 0 bridgehead atoms. The summed E-state index contributed by atoms with van der Waals surface area (Å²) in [5.41, 5.74) is 2.77. The van der Waals surface area contributed by atoms with Crippen molar-refractivity contribution >= 4 is 11.8 Å². The number of hydrogen-bond acceptors (Lipinski definition) is 3. The molecule has 0 aliphatic heterocycles. The molecule has 2 N–H and O–H groups in total. The molecule has 1 unspecified atom stereocenters. The molecule has 2 aromatic rings. The van der Waals surface area contributed by atoms with E-state index in [1.807, 2.05) is 50.4 Å². The van der Waals surface area contributed by atoms with Crippen LogP contribution in [0, 0.1) is 0 Å². The van der Waals surface area contributed by atoms with Crippen molar-refractivity contribution in [3.63, 3.8) is 0 Å². The fourth-order valence-corrected chi connectivity index (χ4v) is 2.92. The molecule has 0 fully saturated rings. The van der Waals surface area contributed by atoms with Gasteiger partial charge in [-0.3, -0.25) is 14.9 Å². The molecule has 28 heavy (non-hydrogen) atoms. The first kappa shape index (κ1) is 21.6. The third-order valence-corrected chi connectivity index (χ3v) is 4.47. The van der Waals surface area contributed by atoms with Crippen LogP contribution in [0.15, 0.2) is 48.5 Å². The highest BCUT2D eigenvalue weighted by Gasteiger charge is 2.17. The van der Waals surface area contributed by atoms with Crippen molar-refractivity contribution in [1.29, 1.82) is 0 Å². The average Bonchev–Trinajstić information content (AvgIpc) is 2.62. The Morgan fingerprint density at radius 2 is 1.61 bits per heavy atom. The van der Waals surface area contributed by atoms with Gasteiger partial charge in [0.25, 0.3) is 11.8 Å². The van der Waals surface area contributed by atoms with Crippen LogP contribution < -0.4 is 15.0 Å². The fourth-order valence-electron chi connectivity index (χ4n) is 2.92. The number of amides is 2. The Kier molecular flexibility index (Phi) is 7.35. The molecular weight excluding hydrogens is 352 g/mol. The first-order valence-electron chi connectivity index (χ1n) is 9.67. The second kappa shape index (κ2) is 9.51. The van der Waals surface area contributed by atoms with E-state index in [1.54, 1.807) is 12.1 Å². The fraction of sp³-hybridized carbons (Fsp3) is 0.391. The molecule has 1 atom stereocenters. The van der Waals surface area contributed by atoms with Gasteiger partial charge >= 0.3 is 0 Å². The van der Waals surface area contributed by atoms with Crippen LogP contribution >= 0.6 is 0 Å². The molecule has 2 amide bonds. The molecular formula is C23H31N2O3+. The summed E-state index contributed by atoms with van der Waals surface area (Å²) in [5, 5.41) is 2.48. The molecule has 2 aromatic carbocycles. The van der Waals surface area contributed by atoms with Crippen LogP contribution in [0.5, 0.6) is 5.75 Å². The van der Waals surface area contributed by atoms with Crippen molar-refractivity contribution in [2.24, 2.45) is 0 Å². The zero-order valence-corrected chi connectivity index (χ0v) is 17.5. The van der Waals surface area contributed by atoms with E-state index in [-0.39, 0.29) is 23.8 Å². The number of imide groups is 1. The van der Waals surface area contributed by atoms with Crippen molar-refractivity contribution in [3.8, 4) is 5.75 Å². The van der Waals surface area contributed by atoms with E-state index in [4.69, 9.17) is 4.74 Å². The lowest BCUT2D eigenvalue weighted by Gasteiger charge is -2.19. The lowest BCUT2D eigenvalue weighted by molar-refractivity contribution is -0.885. The number of benzene rings is 2. The number of quaternary nitrogens is 1. The van der Waals surface area contributed by atoms with E-state index in [0.717, 1.165) is 21.8 Å². The Balaban J connectivity index is 1.85. The van der Waals surface area contributed by atoms with E-state index in [1.165, 1.54) is 0 Å². The average molecular weight is 384 g/mol. The second-order valence-corrected chi connectivity index (χ2v) is 8.09. The Bertz CT molecular complexity index is 790. The molecule has 0 radical (unpaired) electrons. The third kappa shape index (κ3) is 6.50. The number of likely N-dealkylation sites (N-methyl/N-ethyl adjacent to an activating group) is 1. The summed E-state index contributed by atoms with van der Waals surface area (Å²) >= 11 is 0. The zero-order valence-electron chi connectivity index (χ0n) is 17.5. The standard InChI is InChI=1S/C23H30N2O3/c1-6-28-20-13-7-17(8-14-20)15-25(5)16-21(26)24-22(27)18-9-11-19(12-10-18)23(2,3)4/h7-14H,6,15-16H2,1-5H3,(H,24,26,27)/p+1. The minimum absolute atomic E-state index is 0.0256. The van der Waals surface area contributed by atoms with Gasteiger partial charge in [-0.1, -0.05) is 32.9 Å². The highest BCUT2D eigenvalue weighted by molar-refractivity contribution is 6.04. The summed E-state index contributed by atoms with van der Waals surface area (Å²) in [6, 6.07) is 15.2. The first-order valence-corrected chi connectivity index (χ1v) is 9.67. The van der Waals surface area contributed by atoms with Gasteiger partial charge in [0.2, 0.25) is 0 Å². The predicted molar refractivity (Wildman–Crippen MR) is 111 cm³/mol. The Labute approximate surface area is 167 Å². The topological polar surface area (TPSA) is 59.8 Å². The van der Waals surface area contributed by atoms with E-state index in [0.29, 0.717) is 18.7 Å². The van der Waals surface area contributed by atoms with Crippen molar-refractivity contribution in [2.45, 2.75) is 39.7 Å². The van der Waals surface area contributed by atoms with Crippen LogP contribution in [0.2, 0.25) is 0 Å². The van der Waals surface area contributed by atoms with Gasteiger partial charge in [-0.25, -0.2) is 0 Å². The van der Waals surface area contributed by atoms with Gasteiger partial charge in [-0.05, 0) is 54.3 Å². The SMILES string of the molecule is CCOc1ccc(C[NH+](C)CC(=O)NC(=O)c2ccc(C(C)(C)C)cc2)cc1. The van der Waals surface area contributed by atoms with E-state index < -0.39 is 0 Å². The molecule has 0 spiro atoms. The van der Waals surface area contributed by atoms with Gasteiger partial charge in [0.1, 0.15) is 12.3 Å². The number of hydrogen-bond donors (Lipinski definition) is 2. The van der Waals surface area contributed by atoms with E-state index >= 15 is 0 Å².